The first-order valence-electron chi connectivity index (χ1n) is 7.78. The molecule has 1 atom stereocenters. The smallest absolute Gasteiger partial charge is 0.177 e. The fraction of sp³-hybridized carbons (Fsp3) is 0.350. The van der Waals surface area contributed by atoms with Gasteiger partial charge in [-0.3, -0.25) is 0 Å². The highest BCUT2D eigenvalue weighted by atomic mass is 16.3. The van der Waals surface area contributed by atoms with Gasteiger partial charge in [-0.1, -0.05) is 49.7 Å². The van der Waals surface area contributed by atoms with Crippen molar-refractivity contribution in [2.45, 2.75) is 44.6 Å². The van der Waals surface area contributed by atoms with Gasteiger partial charge in [0.25, 0.3) is 0 Å². The number of benzene rings is 2. The molecule has 1 N–H and O–H groups in total. The van der Waals surface area contributed by atoms with Gasteiger partial charge in [0, 0.05) is 19.3 Å². The molecule has 0 bridgehead atoms. The van der Waals surface area contributed by atoms with Gasteiger partial charge in [0.15, 0.2) is 5.60 Å². The lowest BCUT2D eigenvalue weighted by atomic mass is 9.89. The van der Waals surface area contributed by atoms with Crippen molar-refractivity contribution in [1.82, 2.24) is 0 Å². The maximum absolute atomic E-state index is 10.6. The summed E-state index contributed by atoms with van der Waals surface area (Å²) in [6.07, 6.45) is 3.98. The minimum Gasteiger partial charge on any atom is -0.371 e. The van der Waals surface area contributed by atoms with E-state index in [4.69, 9.17) is 0 Å². The molecule has 0 spiro atoms. The number of hydrogen-bond acceptors (Lipinski definition) is 2. The Labute approximate surface area is 132 Å². The molecule has 0 saturated carbocycles. The molecule has 2 nitrogen and oxygen atoms in total. The van der Waals surface area contributed by atoms with Crippen LogP contribution in [0.2, 0.25) is 0 Å². The molecule has 2 heteroatoms. The Morgan fingerprint density at radius 1 is 1.05 bits per heavy atom. The van der Waals surface area contributed by atoms with Crippen LogP contribution in [0.15, 0.2) is 42.5 Å². The van der Waals surface area contributed by atoms with Gasteiger partial charge in [-0.05, 0) is 28.8 Å². The van der Waals surface area contributed by atoms with Crippen LogP contribution in [-0.2, 0) is 5.60 Å². The summed E-state index contributed by atoms with van der Waals surface area (Å²) in [5.74, 6) is 6.15. The summed E-state index contributed by atoms with van der Waals surface area (Å²) in [6, 6.07) is 15.7. The van der Waals surface area contributed by atoms with Crippen LogP contribution in [0.4, 0.5) is 0 Å². The molecule has 0 aliphatic carbocycles. The lowest BCUT2D eigenvalue weighted by molar-refractivity contribution is 0.0897. The number of unbranched alkanes of at least 4 members (excludes halogenated alkanes) is 2. The van der Waals surface area contributed by atoms with Gasteiger partial charge in [0.1, 0.15) is 6.07 Å². The zero-order valence-electron chi connectivity index (χ0n) is 13.0. The quantitative estimate of drug-likeness (QED) is 0.500. The summed E-state index contributed by atoms with van der Waals surface area (Å²) in [7, 11) is 0. The minimum absolute atomic E-state index is 0.334. The maximum atomic E-state index is 10.6. The molecule has 2 rings (SSSR count). The summed E-state index contributed by atoms with van der Waals surface area (Å²) >= 11 is 0. The minimum atomic E-state index is -1.47. The molecule has 2 aromatic rings. The lowest BCUT2D eigenvalue weighted by Gasteiger charge is -2.20. The van der Waals surface area contributed by atoms with E-state index < -0.39 is 5.60 Å². The zero-order chi connectivity index (χ0) is 15.8. The van der Waals surface area contributed by atoms with Crippen LogP contribution in [0.1, 0.15) is 44.6 Å². The highest BCUT2D eigenvalue weighted by Gasteiger charge is 2.28. The number of hydrogen-bond donors (Lipinski definition) is 1. The molecule has 0 radical (unpaired) electrons. The number of aliphatic hydroxyl groups is 1. The summed E-state index contributed by atoms with van der Waals surface area (Å²) in [6.45, 7) is 2.13. The molecule has 0 aliphatic heterocycles. The van der Waals surface area contributed by atoms with E-state index in [0.717, 1.165) is 30.0 Å². The number of rotatable bonds is 5. The van der Waals surface area contributed by atoms with E-state index >= 15 is 0 Å². The van der Waals surface area contributed by atoms with E-state index in [2.05, 4.69) is 18.8 Å². The number of nitriles is 1. The Kier molecular flexibility index (Phi) is 5.59. The molecule has 22 heavy (non-hydrogen) atoms. The molecule has 0 aromatic heterocycles. The van der Waals surface area contributed by atoms with Crippen LogP contribution in [0, 0.1) is 23.2 Å². The summed E-state index contributed by atoms with van der Waals surface area (Å²) < 4.78 is 0. The first kappa shape index (κ1) is 16.1. The Morgan fingerprint density at radius 3 is 2.50 bits per heavy atom. The van der Waals surface area contributed by atoms with Gasteiger partial charge in [-0.2, -0.15) is 5.26 Å². The second-order valence-electron chi connectivity index (χ2n) is 5.49. The highest BCUT2D eigenvalue weighted by molar-refractivity contribution is 5.83. The number of fused-ring (bicyclic) bond motifs is 1. The molecule has 1 unspecified atom stereocenters. The number of nitrogens with zero attached hydrogens (tertiary/aromatic N) is 1. The van der Waals surface area contributed by atoms with Gasteiger partial charge < -0.3 is 5.11 Å². The van der Waals surface area contributed by atoms with Crippen LogP contribution >= 0.6 is 0 Å². The highest BCUT2D eigenvalue weighted by Crippen LogP contribution is 2.28. The molecule has 112 valence electrons. The van der Waals surface area contributed by atoms with Crippen LogP contribution in [0.25, 0.3) is 10.8 Å². The van der Waals surface area contributed by atoms with Crippen LogP contribution in [0.3, 0.4) is 0 Å². The molecule has 0 fully saturated rings. The van der Waals surface area contributed by atoms with Gasteiger partial charge in [0.05, 0.1) is 0 Å². The van der Waals surface area contributed by atoms with Gasteiger partial charge >= 0.3 is 0 Å². The van der Waals surface area contributed by atoms with E-state index in [1.54, 1.807) is 0 Å². The van der Waals surface area contributed by atoms with Gasteiger partial charge in [-0.15, -0.1) is 11.8 Å². The largest absolute Gasteiger partial charge is 0.371 e. The van der Waals surface area contributed by atoms with Crippen molar-refractivity contribution in [3.63, 3.8) is 0 Å². The fourth-order valence-corrected chi connectivity index (χ4v) is 2.40. The van der Waals surface area contributed by atoms with E-state index in [1.807, 2.05) is 48.5 Å². The Hall–Kier alpha value is -2.29. The molecule has 0 aliphatic rings. The second-order valence-corrected chi connectivity index (χ2v) is 5.49. The topological polar surface area (TPSA) is 44.0 Å². The predicted molar refractivity (Wildman–Crippen MR) is 90.0 cm³/mol. The summed E-state index contributed by atoms with van der Waals surface area (Å²) in [5.41, 5.74) is -0.826. The predicted octanol–water partition coefficient (Wildman–Crippen LogP) is 4.52. The molecular formula is C20H21NO. The van der Waals surface area contributed by atoms with Gasteiger partial charge in [-0.25, -0.2) is 0 Å². The van der Waals surface area contributed by atoms with Crippen molar-refractivity contribution in [2.24, 2.45) is 0 Å². The lowest BCUT2D eigenvalue weighted by Crippen LogP contribution is -2.23. The van der Waals surface area contributed by atoms with Crippen molar-refractivity contribution in [1.29, 1.82) is 5.26 Å². The average Bonchev–Trinajstić information content (AvgIpc) is 2.57. The van der Waals surface area contributed by atoms with Crippen molar-refractivity contribution in [3.8, 4) is 17.9 Å². The Bertz CT molecular complexity index is 732. The molecule has 2 aromatic carbocycles. The van der Waals surface area contributed by atoms with E-state index in [-0.39, 0.29) is 0 Å². The van der Waals surface area contributed by atoms with Crippen LogP contribution in [0.5, 0.6) is 0 Å². The standard InChI is InChI=1S/C20H21NO/c1-2-3-4-5-6-9-14-20(22,16-21)19-13-12-17-10-7-8-11-18(17)15-19/h7-8,10-13,15,22H,2-4,9,14H2,1H3. The molecule has 0 amide bonds. The van der Waals surface area contributed by atoms with Crippen LogP contribution < -0.4 is 0 Å². The normalized spacial score (nSPS) is 13.0. The first-order valence-corrected chi connectivity index (χ1v) is 7.78. The van der Waals surface area contributed by atoms with E-state index in [0.29, 0.717) is 18.4 Å². The second kappa shape index (κ2) is 7.64. The third-order valence-electron chi connectivity index (χ3n) is 3.80. The third kappa shape index (κ3) is 3.88. The summed E-state index contributed by atoms with van der Waals surface area (Å²) in [5, 5.41) is 22.2. The average molecular weight is 291 g/mol. The fourth-order valence-electron chi connectivity index (χ4n) is 2.40. The first-order chi connectivity index (χ1) is 10.7. The Balaban J connectivity index is 2.13. The van der Waals surface area contributed by atoms with Crippen molar-refractivity contribution in [2.75, 3.05) is 0 Å². The summed E-state index contributed by atoms with van der Waals surface area (Å²) in [4.78, 5) is 0. The van der Waals surface area contributed by atoms with E-state index in [9.17, 15) is 10.4 Å². The maximum Gasteiger partial charge on any atom is 0.177 e. The zero-order valence-corrected chi connectivity index (χ0v) is 13.0. The Morgan fingerprint density at radius 2 is 1.77 bits per heavy atom. The van der Waals surface area contributed by atoms with E-state index in [1.165, 1.54) is 0 Å². The van der Waals surface area contributed by atoms with Crippen molar-refractivity contribution in [3.05, 3.63) is 48.0 Å². The third-order valence-corrected chi connectivity index (χ3v) is 3.80. The van der Waals surface area contributed by atoms with Gasteiger partial charge in [0.2, 0.25) is 0 Å². The SMILES string of the molecule is CCCCC#CCCC(O)(C#N)c1ccc2ccccc2c1. The molecule has 0 saturated heterocycles. The van der Waals surface area contributed by atoms with Crippen molar-refractivity contribution >= 4 is 10.8 Å². The van der Waals surface area contributed by atoms with Crippen molar-refractivity contribution < 1.29 is 5.11 Å². The monoisotopic (exact) mass is 291 g/mol. The molecular weight excluding hydrogens is 270 g/mol. The molecule has 0 heterocycles. The van der Waals surface area contributed by atoms with Crippen LogP contribution in [-0.4, -0.2) is 5.11 Å².